The zero-order valence-corrected chi connectivity index (χ0v) is 10.9. The van der Waals surface area contributed by atoms with Gasteiger partial charge in [0.15, 0.2) is 0 Å². The zero-order chi connectivity index (χ0) is 6.69. The molecule has 0 saturated carbocycles. The van der Waals surface area contributed by atoms with Crippen LogP contribution in [0.25, 0.3) is 0 Å². The molecule has 0 atom stereocenters. The van der Waals surface area contributed by atoms with Gasteiger partial charge in [0.25, 0.3) is 0 Å². The third-order valence-corrected chi connectivity index (χ3v) is 1.77. The molecule has 10 heavy (non-hydrogen) atoms. The number of rotatable bonds is 3. The summed E-state index contributed by atoms with van der Waals surface area (Å²) in [6.45, 7) is 6.28. The number of unbranched alkanes of at least 4 members (excludes halogenated alkanes) is 1. The Kier molecular flexibility index (Phi) is 6.21. The van der Waals surface area contributed by atoms with Crippen molar-refractivity contribution in [3.63, 3.8) is 0 Å². The first-order chi connectivity index (χ1) is 4.33. The standard InChI is InChI=1S/C8H15N.U/c1-3-4-5-8-6-9(2)7-8;/h1,3-7H2,2H3;/q-2;+2. The van der Waals surface area contributed by atoms with Gasteiger partial charge >= 0.3 is 31.1 Å². The van der Waals surface area contributed by atoms with Gasteiger partial charge in [-0.3, -0.25) is 5.92 Å². The fourth-order valence-corrected chi connectivity index (χ4v) is 1.25. The van der Waals surface area contributed by atoms with Gasteiger partial charge in [0, 0.05) is 0 Å². The summed E-state index contributed by atoms with van der Waals surface area (Å²) in [5, 5.41) is 0. The molecule has 1 aliphatic heterocycles. The maximum Gasteiger partial charge on any atom is 2.00 e. The van der Waals surface area contributed by atoms with Crippen LogP contribution in [-0.2, 0) is 0 Å². The average molecular weight is 363 g/mol. The van der Waals surface area contributed by atoms with Crippen molar-refractivity contribution in [2.24, 2.45) is 0 Å². The van der Waals surface area contributed by atoms with Crippen LogP contribution in [0, 0.1) is 44.0 Å². The van der Waals surface area contributed by atoms with Gasteiger partial charge < -0.3 is 11.8 Å². The number of nitrogens with zero attached hydrogens (tertiary/aromatic N) is 1. The monoisotopic (exact) mass is 363 g/mol. The number of likely N-dealkylation sites (tertiary alicyclic amines) is 1. The third kappa shape index (κ3) is 3.42. The van der Waals surface area contributed by atoms with Crippen molar-refractivity contribution >= 4 is 0 Å². The van der Waals surface area contributed by atoms with Gasteiger partial charge in [-0.05, 0) is 7.05 Å². The van der Waals surface area contributed by atoms with Crippen LogP contribution in [0.15, 0.2) is 0 Å². The van der Waals surface area contributed by atoms with Gasteiger partial charge in [0.2, 0.25) is 0 Å². The second-order valence-electron chi connectivity index (χ2n) is 2.88. The van der Waals surface area contributed by atoms with E-state index >= 15 is 0 Å². The maximum absolute atomic E-state index is 3.81. The van der Waals surface area contributed by atoms with Crippen LogP contribution >= 0.6 is 0 Å². The van der Waals surface area contributed by atoms with Gasteiger partial charge in [-0.25, -0.2) is 0 Å². The Morgan fingerprint density at radius 2 is 2.10 bits per heavy atom. The first kappa shape index (κ1) is 11.0. The van der Waals surface area contributed by atoms with E-state index < -0.39 is 0 Å². The van der Waals surface area contributed by atoms with Crippen molar-refractivity contribution in [2.45, 2.75) is 19.3 Å². The molecular weight excluding hydrogens is 348 g/mol. The topological polar surface area (TPSA) is 3.24 Å². The van der Waals surface area contributed by atoms with E-state index in [1.54, 1.807) is 5.92 Å². The van der Waals surface area contributed by atoms with Crippen molar-refractivity contribution < 1.29 is 31.1 Å². The Balaban J connectivity index is 0.000000810. The molecular formula is C8H15NU. The molecule has 0 aromatic heterocycles. The average Bonchev–Trinajstić information content (AvgIpc) is 1.78. The minimum absolute atomic E-state index is 0. The van der Waals surface area contributed by atoms with Gasteiger partial charge in [0.1, 0.15) is 0 Å². The summed E-state index contributed by atoms with van der Waals surface area (Å²) in [5.41, 5.74) is 0. The Hall–Kier alpha value is 1.01. The second kappa shape index (κ2) is 5.64. The Bertz CT molecular complexity index is 79.3. The predicted molar refractivity (Wildman–Crippen MR) is 39.9 cm³/mol. The molecule has 0 spiro atoms. The molecule has 0 aromatic carbocycles. The van der Waals surface area contributed by atoms with Crippen LogP contribution < -0.4 is 0 Å². The number of hydrogen-bond acceptors (Lipinski definition) is 1. The van der Waals surface area contributed by atoms with Crippen molar-refractivity contribution in [1.82, 2.24) is 4.90 Å². The second-order valence-corrected chi connectivity index (χ2v) is 2.88. The first-order valence-corrected chi connectivity index (χ1v) is 3.64. The molecule has 0 radical (unpaired) electrons. The van der Waals surface area contributed by atoms with E-state index in [9.17, 15) is 0 Å². The van der Waals surface area contributed by atoms with Gasteiger partial charge in [-0.2, -0.15) is 12.8 Å². The molecule has 0 bridgehead atoms. The Labute approximate surface area is 87.9 Å². The van der Waals surface area contributed by atoms with E-state index in [0.29, 0.717) is 0 Å². The normalized spacial score (nSPS) is 19.8. The van der Waals surface area contributed by atoms with Crippen molar-refractivity contribution in [3.8, 4) is 0 Å². The minimum Gasteiger partial charge on any atom is -0.365 e. The van der Waals surface area contributed by atoms with Gasteiger partial charge in [0.05, 0.1) is 0 Å². The first-order valence-electron chi connectivity index (χ1n) is 3.64. The molecule has 1 rings (SSSR count). The summed E-state index contributed by atoms with van der Waals surface area (Å²) >= 11 is 0. The molecule has 0 aliphatic carbocycles. The van der Waals surface area contributed by atoms with Crippen molar-refractivity contribution in [3.05, 3.63) is 12.8 Å². The van der Waals surface area contributed by atoms with Crippen LogP contribution in [0.1, 0.15) is 19.3 Å². The van der Waals surface area contributed by atoms with Crippen molar-refractivity contribution in [2.75, 3.05) is 20.1 Å². The molecule has 0 N–H and O–H groups in total. The fourth-order valence-electron chi connectivity index (χ4n) is 1.25. The van der Waals surface area contributed by atoms with Crippen LogP contribution in [0.5, 0.6) is 0 Å². The molecule has 1 heterocycles. The smallest absolute Gasteiger partial charge is 0.365 e. The largest absolute Gasteiger partial charge is 2.00 e. The summed E-state index contributed by atoms with van der Waals surface area (Å²) in [6.07, 6.45) is 3.68. The molecule has 56 valence electrons. The summed E-state index contributed by atoms with van der Waals surface area (Å²) in [6, 6.07) is 0. The van der Waals surface area contributed by atoms with E-state index in [1.807, 2.05) is 0 Å². The van der Waals surface area contributed by atoms with E-state index in [1.165, 1.54) is 25.9 Å². The molecule has 1 aliphatic rings. The summed E-state index contributed by atoms with van der Waals surface area (Å²) in [5.74, 6) is 1.71. The van der Waals surface area contributed by atoms with Crippen LogP contribution in [0.2, 0.25) is 0 Å². The summed E-state index contributed by atoms with van der Waals surface area (Å²) in [7, 11) is 2.16. The maximum atomic E-state index is 3.81. The molecule has 1 saturated heterocycles. The van der Waals surface area contributed by atoms with E-state index in [4.69, 9.17) is 0 Å². The minimum atomic E-state index is 0. The van der Waals surface area contributed by atoms with Gasteiger partial charge in [-0.1, -0.05) is 0 Å². The van der Waals surface area contributed by atoms with E-state index in [0.717, 1.165) is 6.42 Å². The molecule has 0 aromatic rings. The Morgan fingerprint density at radius 3 is 2.50 bits per heavy atom. The quantitative estimate of drug-likeness (QED) is 0.688. The van der Waals surface area contributed by atoms with Crippen LogP contribution in [-0.4, -0.2) is 25.0 Å². The molecule has 1 nitrogen and oxygen atoms in total. The van der Waals surface area contributed by atoms with Gasteiger partial charge in [-0.15, -0.1) is 19.5 Å². The summed E-state index contributed by atoms with van der Waals surface area (Å²) in [4.78, 5) is 2.33. The van der Waals surface area contributed by atoms with Crippen molar-refractivity contribution in [1.29, 1.82) is 0 Å². The zero-order valence-electron chi connectivity index (χ0n) is 6.69. The molecule has 0 amide bonds. The molecule has 0 unspecified atom stereocenters. The molecule has 2 heteroatoms. The predicted octanol–water partition coefficient (Wildman–Crippen LogP) is 1.51. The SMILES string of the molecule is [CH2-]CCC[C-]1CN(C)C1.[U+2]. The van der Waals surface area contributed by atoms with E-state index in [-0.39, 0.29) is 31.1 Å². The molecule has 1 fully saturated rings. The fraction of sp³-hybridized carbons (Fsp3) is 0.750. The van der Waals surface area contributed by atoms with E-state index in [2.05, 4.69) is 18.9 Å². The van der Waals surface area contributed by atoms with Crippen LogP contribution in [0.3, 0.4) is 0 Å². The number of hydrogen-bond donors (Lipinski definition) is 0. The third-order valence-electron chi connectivity index (χ3n) is 1.77. The summed E-state index contributed by atoms with van der Waals surface area (Å²) < 4.78 is 0. The Morgan fingerprint density at radius 1 is 1.50 bits per heavy atom. The van der Waals surface area contributed by atoms with Crippen LogP contribution in [0.4, 0.5) is 0 Å².